The van der Waals surface area contributed by atoms with Crippen LogP contribution < -0.4 is 11.1 Å². The van der Waals surface area contributed by atoms with E-state index in [9.17, 15) is 0 Å². The van der Waals surface area contributed by atoms with Crippen LogP contribution in [0, 0.1) is 0 Å². The second-order valence-electron chi connectivity index (χ2n) is 3.93. The molecule has 0 radical (unpaired) electrons. The van der Waals surface area contributed by atoms with Crippen molar-refractivity contribution in [1.82, 2.24) is 4.98 Å². The van der Waals surface area contributed by atoms with Crippen LogP contribution in [0.4, 0.5) is 11.5 Å². The van der Waals surface area contributed by atoms with Gasteiger partial charge in [-0.05, 0) is 24.4 Å². The third-order valence-electron chi connectivity index (χ3n) is 2.33. The molecule has 3 N–H and O–H groups in total. The van der Waals surface area contributed by atoms with E-state index in [1.54, 1.807) is 23.6 Å². The zero-order chi connectivity index (χ0) is 12.3. The fourth-order valence-corrected chi connectivity index (χ4v) is 2.64. The fourth-order valence-electron chi connectivity index (χ4n) is 1.57. The number of halogens is 1. The summed E-state index contributed by atoms with van der Waals surface area (Å²) in [7, 11) is 0. The monoisotopic (exact) mass is 267 g/mol. The summed E-state index contributed by atoms with van der Waals surface area (Å²) >= 11 is 7.81. The molecule has 0 fully saturated rings. The van der Waals surface area contributed by atoms with Gasteiger partial charge in [-0.15, -0.1) is 11.3 Å². The van der Waals surface area contributed by atoms with Crippen molar-refractivity contribution in [2.75, 3.05) is 11.1 Å². The predicted octanol–water partition coefficient (Wildman–Crippen LogP) is 3.42. The SMILES string of the molecule is CC(Cc1cccs1)Nc1ncc(N)cc1Cl. The zero-order valence-corrected chi connectivity index (χ0v) is 11.1. The van der Waals surface area contributed by atoms with Crippen molar-refractivity contribution in [3.63, 3.8) is 0 Å². The van der Waals surface area contributed by atoms with E-state index in [0.29, 0.717) is 16.5 Å². The van der Waals surface area contributed by atoms with E-state index in [-0.39, 0.29) is 6.04 Å². The minimum atomic E-state index is 0.280. The number of hydrogen-bond donors (Lipinski definition) is 2. The fraction of sp³-hybridized carbons (Fsp3) is 0.250. The molecule has 2 heterocycles. The molecule has 2 aromatic heterocycles. The first-order valence-electron chi connectivity index (χ1n) is 5.35. The second kappa shape index (κ2) is 5.38. The Hall–Kier alpha value is -1.26. The van der Waals surface area contributed by atoms with Gasteiger partial charge in [0.1, 0.15) is 5.82 Å². The van der Waals surface area contributed by atoms with Crippen LogP contribution in [-0.2, 0) is 6.42 Å². The zero-order valence-electron chi connectivity index (χ0n) is 9.48. The first-order valence-corrected chi connectivity index (χ1v) is 6.61. The molecule has 1 atom stereocenters. The maximum atomic E-state index is 6.05. The summed E-state index contributed by atoms with van der Waals surface area (Å²) in [5.41, 5.74) is 6.17. The molecule has 90 valence electrons. The number of nitrogens with two attached hydrogens (primary N) is 1. The van der Waals surface area contributed by atoms with E-state index in [1.165, 1.54) is 4.88 Å². The molecule has 2 rings (SSSR count). The van der Waals surface area contributed by atoms with Gasteiger partial charge in [0.15, 0.2) is 0 Å². The van der Waals surface area contributed by atoms with Gasteiger partial charge < -0.3 is 11.1 Å². The van der Waals surface area contributed by atoms with Crippen LogP contribution in [0.25, 0.3) is 0 Å². The molecule has 5 heteroatoms. The van der Waals surface area contributed by atoms with Gasteiger partial charge in [-0.3, -0.25) is 0 Å². The summed E-state index contributed by atoms with van der Waals surface area (Å²) in [6, 6.07) is 6.17. The molecule has 2 aromatic rings. The van der Waals surface area contributed by atoms with E-state index in [1.807, 2.05) is 0 Å². The highest BCUT2D eigenvalue weighted by Gasteiger charge is 2.08. The molecule has 17 heavy (non-hydrogen) atoms. The highest BCUT2D eigenvalue weighted by molar-refractivity contribution is 7.09. The summed E-state index contributed by atoms with van der Waals surface area (Å²) < 4.78 is 0. The van der Waals surface area contributed by atoms with Gasteiger partial charge in [-0.25, -0.2) is 4.98 Å². The maximum Gasteiger partial charge on any atom is 0.145 e. The minimum Gasteiger partial charge on any atom is -0.397 e. The molecule has 0 aliphatic heterocycles. The number of anilines is 2. The van der Waals surface area contributed by atoms with Gasteiger partial charge in [0.25, 0.3) is 0 Å². The first kappa shape index (κ1) is 12.2. The summed E-state index contributed by atoms with van der Waals surface area (Å²) in [6.45, 7) is 2.11. The van der Waals surface area contributed by atoms with E-state index in [0.717, 1.165) is 6.42 Å². The lowest BCUT2D eigenvalue weighted by molar-refractivity contribution is 0.795. The molecule has 0 saturated heterocycles. The number of aromatic nitrogens is 1. The van der Waals surface area contributed by atoms with Crippen LogP contribution >= 0.6 is 22.9 Å². The van der Waals surface area contributed by atoms with Gasteiger partial charge in [-0.1, -0.05) is 17.7 Å². The Morgan fingerprint density at radius 1 is 1.59 bits per heavy atom. The summed E-state index contributed by atoms with van der Waals surface area (Å²) in [4.78, 5) is 5.53. The van der Waals surface area contributed by atoms with Gasteiger partial charge in [0, 0.05) is 17.3 Å². The lowest BCUT2D eigenvalue weighted by Crippen LogP contribution is -2.18. The molecule has 0 bridgehead atoms. The Morgan fingerprint density at radius 3 is 3.06 bits per heavy atom. The van der Waals surface area contributed by atoms with Crippen molar-refractivity contribution in [1.29, 1.82) is 0 Å². The van der Waals surface area contributed by atoms with Crippen molar-refractivity contribution in [3.8, 4) is 0 Å². The van der Waals surface area contributed by atoms with Gasteiger partial charge in [0.2, 0.25) is 0 Å². The van der Waals surface area contributed by atoms with Gasteiger partial charge in [-0.2, -0.15) is 0 Å². The smallest absolute Gasteiger partial charge is 0.145 e. The Morgan fingerprint density at radius 2 is 2.41 bits per heavy atom. The van der Waals surface area contributed by atoms with Crippen molar-refractivity contribution >= 4 is 34.4 Å². The molecule has 0 spiro atoms. The Balaban J connectivity index is 2.00. The van der Waals surface area contributed by atoms with Crippen molar-refractivity contribution in [2.24, 2.45) is 0 Å². The van der Waals surface area contributed by atoms with Crippen molar-refractivity contribution < 1.29 is 0 Å². The van der Waals surface area contributed by atoms with Crippen LogP contribution in [0.1, 0.15) is 11.8 Å². The normalized spacial score (nSPS) is 12.4. The average Bonchev–Trinajstić information content (AvgIpc) is 2.75. The molecule has 0 aliphatic carbocycles. The number of hydrogen-bond acceptors (Lipinski definition) is 4. The van der Waals surface area contributed by atoms with E-state index in [2.05, 4.69) is 34.7 Å². The molecule has 0 saturated carbocycles. The third kappa shape index (κ3) is 3.35. The van der Waals surface area contributed by atoms with Crippen molar-refractivity contribution in [3.05, 3.63) is 39.7 Å². The molecule has 1 unspecified atom stereocenters. The molecular formula is C12H14ClN3S. The van der Waals surface area contributed by atoms with Gasteiger partial charge in [0.05, 0.1) is 16.9 Å². The summed E-state index contributed by atoms with van der Waals surface area (Å²) in [6.07, 6.45) is 2.56. The van der Waals surface area contributed by atoms with E-state index < -0.39 is 0 Å². The standard InChI is InChI=1S/C12H14ClN3S/c1-8(5-10-3-2-4-17-10)16-12-11(13)6-9(14)7-15-12/h2-4,6-8H,5,14H2,1H3,(H,15,16). The highest BCUT2D eigenvalue weighted by atomic mass is 35.5. The van der Waals surface area contributed by atoms with Crippen LogP contribution in [0.3, 0.4) is 0 Å². The summed E-state index contributed by atoms with van der Waals surface area (Å²) in [5, 5.41) is 5.92. The first-order chi connectivity index (χ1) is 8.15. The Bertz CT molecular complexity index is 485. The maximum absolute atomic E-state index is 6.05. The largest absolute Gasteiger partial charge is 0.397 e. The summed E-state index contributed by atoms with van der Waals surface area (Å²) in [5.74, 6) is 0.685. The number of thiophene rings is 1. The Kier molecular flexibility index (Phi) is 3.86. The average molecular weight is 268 g/mol. The number of pyridine rings is 1. The lowest BCUT2D eigenvalue weighted by atomic mass is 10.2. The molecular weight excluding hydrogens is 254 g/mol. The van der Waals surface area contributed by atoms with Crippen LogP contribution in [0.15, 0.2) is 29.8 Å². The molecule has 0 amide bonds. The molecule has 0 aliphatic rings. The number of nitrogens with zero attached hydrogens (tertiary/aromatic N) is 1. The van der Waals surface area contributed by atoms with Crippen LogP contribution in [0.2, 0.25) is 5.02 Å². The van der Waals surface area contributed by atoms with E-state index >= 15 is 0 Å². The van der Waals surface area contributed by atoms with Crippen LogP contribution in [0.5, 0.6) is 0 Å². The highest BCUT2D eigenvalue weighted by Crippen LogP contribution is 2.22. The van der Waals surface area contributed by atoms with Crippen molar-refractivity contribution in [2.45, 2.75) is 19.4 Å². The quantitative estimate of drug-likeness (QED) is 0.892. The predicted molar refractivity (Wildman–Crippen MR) is 74.8 cm³/mol. The Labute approximate surface area is 110 Å². The lowest BCUT2D eigenvalue weighted by Gasteiger charge is -2.14. The number of nitrogen functional groups attached to an aromatic ring is 1. The number of nitrogens with one attached hydrogen (secondary N) is 1. The molecule has 0 aromatic carbocycles. The third-order valence-corrected chi connectivity index (χ3v) is 3.52. The van der Waals surface area contributed by atoms with E-state index in [4.69, 9.17) is 17.3 Å². The van der Waals surface area contributed by atoms with Gasteiger partial charge >= 0.3 is 0 Å². The topological polar surface area (TPSA) is 50.9 Å². The van der Waals surface area contributed by atoms with Crippen LogP contribution in [-0.4, -0.2) is 11.0 Å². The number of rotatable bonds is 4. The molecule has 3 nitrogen and oxygen atoms in total. The minimum absolute atomic E-state index is 0.280. The second-order valence-corrected chi connectivity index (χ2v) is 5.37.